The number of carbonyl (C=O) groups is 2. The Morgan fingerprint density at radius 1 is 0.889 bits per heavy atom. The van der Waals surface area contributed by atoms with E-state index < -0.39 is 0 Å². The maximum Gasteiger partial charge on any atom is 0.257 e. The van der Waals surface area contributed by atoms with Gasteiger partial charge in [-0.05, 0) is 42.8 Å². The molecule has 3 rings (SSSR count). The van der Waals surface area contributed by atoms with Crippen molar-refractivity contribution in [3.05, 3.63) is 83.7 Å². The van der Waals surface area contributed by atoms with Crippen LogP contribution >= 0.6 is 0 Å². The first kappa shape index (κ1) is 18.1. The Balaban J connectivity index is 1.76. The number of benzene rings is 2. The average molecular weight is 361 g/mol. The number of aromatic nitrogens is 1. The van der Waals surface area contributed by atoms with E-state index in [-0.39, 0.29) is 17.4 Å². The Morgan fingerprint density at radius 3 is 2.30 bits per heavy atom. The maximum absolute atomic E-state index is 12.5. The van der Waals surface area contributed by atoms with Crippen molar-refractivity contribution in [2.24, 2.45) is 0 Å². The number of carbonyl (C=O) groups excluding carboxylic acids is 2. The van der Waals surface area contributed by atoms with Gasteiger partial charge in [-0.3, -0.25) is 14.6 Å². The number of amides is 2. The third-order valence-corrected chi connectivity index (χ3v) is 3.89. The van der Waals surface area contributed by atoms with Crippen molar-refractivity contribution in [2.45, 2.75) is 6.92 Å². The molecule has 0 aliphatic carbocycles. The van der Waals surface area contributed by atoms with E-state index in [1.807, 2.05) is 31.2 Å². The SMILES string of the molecule is COc1ccccc1NC(=O)c1cncc(C(=O)Nc2cccc(C)c2)c1. The second-order valence-corrected chi connectivity index (χ2v) is 5.94. The predicted octanol–water partition coefficient (Wildman–Crippen LogP) is 3.90. The first-order valence-corrected chi connectivity index (χ1v) is 8.34. The highest BCUT2D eigenvalue weighted by Crippen LogP contribution is 2.23. The molecule has 1 heterocycles. The number of pyridine rings is 1. The lowest BCUT2D eigenvalue weighted by Crippen LogP contribution is -2.16. The Bertz CT molecular complexity index is 986. The zero-order chi connectivity index (χ0) is 19.2. The minimum absolute atomic E-state index is 0.276. The Hall–Kier alpha value is -3.67. The number of hydrogen-bond donors (Lipinski definition) is 2. The van der Waals surface area contributed by atoms with Gasteiger partial charge in [0.1, 0.15) is 5.75 Å². The number of ether oxygens (including phenoxy) is 1. The Labute approximate surface area is 157 Å². The van der Waals surface area contributed by atoms with Crippen LogP contribution in [0.2, 0.25) is 0 Å². The molecule has 6 nitrogen and oxygen atoms in total. The Morgan fingerprint density at radius 2 is 1.59 bits per heavy atom. The molecule has 1 aromatic heterocycles. The number of rotatable bonds is 5. The van der Waals surface area contributed by atoms with E-state index in [2.05, 4.69) is 15.6 Å². The fraction of sp³-hybridized carbons (Fsp3) is 0.0952. The number of para-hydroxylation sites is 2. The summed E-state index contributed by atoms with van der Waals surface area (Å²) in [7, 11) is 1.53. The zero-order valence-electron chi connectivity index (χ0n) is 15.0. The first-order valence-electron chi connectivity index (χ1n) is 8.34. The van der Waals surface area contributed by atoms with E-state index in [1.165, 1.54) is 25.6 Å². The van der Waals surface area contributed by atoms with Gasteiger partial charge in [-0.15, -0.1) is 0 Å². The molecule has 3 aromatic rings. The minimum atomic E-state index is -0.378. The molecule has 0 aliphatic rings. The molecule has 0 saturated carbocycles. The van der Waals surface area contributed by atoms with Crippen molar-refractivity contribution < 1.29 is 14.3 Å². The molecule has 0 radical (unpaired) electrons. The number of aryl methyl sites for hydroxylation is 1. The normalized spacial score (nSPS) is 10.1. The van der Waals surface area contributed by atoms with Crippen LogP contribution in [0, 0.1) is 6.92 Å². The average Bonchev–Trinajstić information content (AvgIpc) is 2.68. The van der Waals surface area contributed by atoms with Crippen molar-refractivity contribution in [2.75, 3.05) is 17.7 Å². The van der Waals surface area contributed by atoms with E-state index in [1.54, 1.807) is 24.3 Å². The van der Waals surface area contributed by atoms with Crippen molar-refractivity contribution in [3.63, 3.8) is 0 Å². The van der Waals surface area contributed by atoms with Crippen molar-refractivity contribution in [1.82, 2.24) is 4.98 Å². The van der Waals surface area contributed by atoms with Crippen molar-refractivity contribution >= 4 is 23.2 Å². The van der Waals surface area contributed by atoms with Crippen LogP contribution in [0.25, 0.3) is 0 Å². The molecule has 2 amide bonds. The van der Waals surface area contributed by atoms with Crippen LogP contribution < -0.4 is 15.4 Å². The predicted molar refractivity (Wildman–Crippen MR) is 104 cm³/mol. The third kappa shape index (κ3) is 4.49. The fourth-order valence-electron chi connectivity index (χ4n) is 2.56. The van der Waals surface area contributed by atoms with E-state index in [0.717, 1.165) is 5.56 Å². The fourth-order valence-corrected chi connectivity index (χ4v) is 2.56. The van der Waals surface area contributed by atoms with Gasteiger partial charge in [-0.2, -0.15) is 0 Å². The number of anilines is 2. The largest absolute Gasteiger partial charge is 0.495 e. The molecule has 2 N–H and O–H groups in total. The summed E-state index contributed by atoms with van der Waals surface area (Å²) in [5, 5.41) is 5.57. The van der Waals surface area contributed by atoms with E-state index in [4.69, 9.17) is 4.74 Å². The van der Waals surface area contributed by atoms with Gasteiger partial charge in [0.15, 0.2) is 0 Å². The van der Waals surface area contributed by atoms with Gasteiger partial charge >= 0.3 is 0 Å². The van der Waals surface area contributed by atoms with Gasteiger partial charge in [0, 0.05) is 18.1 Å². The topological polar surface area (TPSA) is 80.3 Å². The third-order valence-electron chi connectivity index (χ3n) is 3.89. The molecule has 2 aromatic carbocycles. The van der Waals surface area contributed by atoms with E-state index in [9.17, 15) is 9.59 Å². The number of nitrogens with one attached hydrogen (secondary N) is 2. The summed E-state index contributed by atoms with van der Waals surface area (Å²) in [6.45, 7) is 1.94. The molecule has 0 saturated heterocycles. The Kier molecular flexibility index (Phi) is 5.47. The second-order valence-electron chi connectivity index (χ2n) is 5.94. The summed E-state index contributed by atoms with van der Waals surface area (Å²) in [6.07, 6.45) is 2.83. The molecular weight excluding hydrogens is 342 g/mol. The van der Waals surface area contributed by atoms with Gasteiger partial charge in [0.2, 0.25) is 0 Å². The molecular formula is C21H19N3O3. The number of methoxy groups -OCH3 is 1. The zero-order valence-corrected chi connectivity index (χ0v) is 15.0. The highest BCUT2D eigenvalue weighted by Gasteiger charge is 2.13. The monoisotopic (exact) mass is 361 g/mol. The molecule has 0 aliphatic heterocycles. The standard InChI is InChI=1S/C21H19N3O3/c1-14-6-5-7-17(10-14)23-20(25)15-11-16(13-22-12-15)21(26)24-18-8-3-4-9-19(18)27-2/h3-13H,1-2H3,(H,23,25)(H,24,26). The van der Waals surface area contributed by atoms with E-state index >= 15 is 0 Å². The lowest BCUT2D eigenvalue weighted by Gasteiger charge is -2.10. The molecule has 0 spiro atoms. The molecule has 0 atom stereocenters. The lowest BCUT2D eigenvalue weighted by atomic mass is 10.1. The van der Waals surface area contributed by atoms with Crippen LogP contribution in [-0.4, -0.2) is 23.9 Å². The summed E-state index contributed by atoms with van der Waals surface area (Å²) >= 11 is 0. The molecule has 0 bridgehead atoms. The minimum Gasteiger partial charge on any atom is -0.495 e. The summed E-state index contributed by atoms with van der Waals surface area (Å²) in [5.41, 5.74) is 2.83. The van der Waals surface area contributed by atoms with Crippen LogP contribution in [0.4, 0.5) is 11.4 Å². The highest BCUT2D eigenvalue weighted by atomic mass is 16.5. The number of hydrogen-bond acceptors (Lipinski definition) is 4. The van der Waals surface area contributed by atoms with Crippen molar-refractivity contribution in [1.29, 1.82) is 0 Å². The molecule has 136 valence electrons. The van der Waals surface area contributed by atoms with Gasteiger partial charge in [0.05, 0.1) is 23.9 Å². The quantitative estimate of drug-likeness (QED) is 0.722. The molecule has 6 heteroatoms. The van der Waals surface area contributed by atoms with Crippen LogP contribution in [0.3, 0.4) is 0 Å². The smallest absolute Gasteiger partial charge is 0.257 e. The summed E-state index contributed by atoms with van der Waals surface area (Å²) < 4.78 is 5.23. The summed E-state index contributed by atoms with van der Waals surface area (Å²) in [4.78, 5) is 29.0. The van der Waals surface area contributed by atoms with Crippen LogP contribution in [0.5, 0.6) is 5.75 Å². The number of nitrogens with zero attached hydrogens (tertiary/aromatic N) is 1. The van der Waals surface area contributed by atoms with Gasteiger partial charge in [-0.25, -0.2) is 0 Å². The van der Waals surface area contributed by atoms with Crippen molar-refractivity contribution in [3.8, 4) is 5.75 Å². The second kappa shape index (κ2) is 8.14. The van der Waals surface area contributed by atoms with Gasteiger partial charge in [-0.1, -0.05) is 24.3 Å². The van der Waals surface area contributed by atoms with Crippen LogP contribution in [0.15, 0.2) is 67.0 Å². The molecule has 0 unspecified atom stereocenters. The van der Waals surface area contributed by atoms with Gasteiger partial charge in [0.25, 0.3) is 11.8 Å². The maximum atomic E-state index is 12.5. The first-order chi connectivity index (χ1) is 13.1. The van der Waals surface area contributed by atoms with Crippen LogP contribution in [-0.2, 0) is 0 Å². The van der Waals surface area contributed by atoms with Crippen LogP contribution in [0.1, 0.15) is 26.3 Å². The lowest BCUT2D eigenvalue weighted by molar-refractivity contribution is 0.102. The molecule has 27 heavy (non-hydrogen) atoms. The van der Waals surface area contributed by atoms with Gasteiger partial charge < -0.3 is 15.4 Å². The summed E-state index contributed by atoms with van der Waals surface area (Å²) in [6, 6.07) is 16.1. The van der Waals surface area contributed by atoms with E-state index in [0.29, 0.717) is 22.7 Å². The summed E-state index contributed by atoms with van der Waals surface area (Å²) in [5.74, 6) is -0.163. The molecule has 0 fully saturated rings. The highest BCUT2D eigenvalue weighted by molar-refractivity contribution is 6.08.